The van der Waals surface area contributed by atoms with E-state index in [0.29, 0.717) is 0 Å². The normalized spacial score (nSPS) is 10.5. The summed E-state index contributed by atoms with van der Waals surface area (Å²) in [7, 11) is 0. The zero-order valence-electron chi connectivity index (χ0n) is 11.8. The Kier molecular flexibility index (Phi) is 4.05. The molecule has 100 valence electrons. The third-order valence-corrected chi connectivity index (χ3v) is 4.59. The van der Waals surface area contributed by atoms with Crippen LogP contribution in [-0.2, 0) is 6.42 Å². The van der Waals surface area contributed by atoms with Gasteiger partial charge in [-0.1, -0.05) is 19.1 Å². The molecule has 0 saturated carbocycles. The summed E-state index contributed by atoms with van der Waals surface area (Å²) < 4.78 is 0. The lowest BCUT2D eigenvalue weighted by molar-refractivity contribution is 0.103. The number of amides is 1. The highest BCUT2D eigenvalue weighted by Crippen LogP contribution is 2.24. The number of thiophene rings is 1. The number of carbonyl (C=O) groups is 1. The van der Waals surface area contributed by atoms with Crippen LogP contribution in [-0.4, -0.2) is 5.91 Å². The van der Waals surface area contributed by atoms with Crippen LogP contribution in [0.3, 0.4) is 0 Å². The molecule has 1 aromatic carbocycles. The van der Waals surface area contributed by atoms with Gasteiger partial charge in [-0.15, -0.1) is 11.3 Å². The van der Waals surface area contributed by atoms with Gasteiger partial charge in [-0.3, -0.25) is 4.79 Å². The van der Waals surface area contributed by atoms with Gasteiger partial charge in [-0.25, -0.2) is 0 Å². The van der Waals surface area contributed by atoms with Crippen molar-refractivity contribution in [3.05, 3.63) is 50.7 Å². The minimum absolute atomic E-state index is 0.0125. The highest BCUT2D eigenvalue weighted by atomic mass is 32.1. The van der Waals surface area contributed by atoms with Crippen LogP contribution in [0.2, 0.25) is 0 Å². The fourth-order valence-electron chi connectivity index (χ4n) is 2.04. The van der Waals surface area contributed by atoms with Crippen molar-refractivity contribution < 1.29 is 4.79 Å². The van der Waals surface area contributed by atoms with Gasteiger partial charge in [0.1, 0.15) is 0 Å². The lowest BCUT2D eigenvalue weighted by atomic mass is 10.1. The summed E-state index contributed by atoms with van der Waals surface area (Å²) >= 11 is 1.58. The fourth-order valence-corrected chi connectivity index (χ4v) is 3.05. The first-order valence-electron chi connectivity index (χ1n) is 6.49. The lowest BCUT2D eigenvalue weighted by Gasteiger charge is -2.08. The fraction of sp³-hybridized carbons (Fsp3) is 0.312. The predicted octanol–water partition coefficient (Wildman–Crippen LogP) is 4.49. The summed E-state index contributed by atoms with van der Waals surface area (Å²) in [5, 5.41) is 3.00. The smallest absolute Gasteiger partial charge is 0.265 e. The molecule has 2 rings (SSSR count). The summed E-state index contributed by atoms with van der Waals surface area (Å²) in [6.45, 7) is 8.21. The van der Waals surface area contributed by atoms with E-state index in [9.17, 15) is 4.79 Å². The number of rotatable bonds is 3. The molecule has 0 radical (unpaired) electrons. The summed E-state index contributed by atoms with van der Waals surface area (Å²) in [4.78, 5) is 14.3. The van der Waals surface area contributed by atoms with Crippen LogP contribution in [0.25, 0.3) is 0 Å². The molecule has 1 heterocycles. The Balaban J connectivity index is 2.22. The van der Waals surface area contributed by atoms with Gasteiger partial charge in [0.05, 0.1) is 4.88 Å². The first-order valence-corrected chi connectivity index (χ1v) is 7.30. The Bertz CT molecular complexity index is 613. The minimum atomic E-state index is -0.0125. The van der Waals surface area contributed by atoms with Crippen LogP contribution in [0.15, 0.2) is 24.3 Å². The quantitative estimate of drug-likeness (QED) is 0.877. The molecule has 0 atom stereocenters. The van der Waals surface area contributed by atoms with E-state index in [1.807, 2.05) is 32.0 Å². The predicted molar refractivity (Wildman–Crippen MR) is 82.3 cm³/mol. The summed E-state index contributed by atoms with van der Waals surface area (Å²) in [6.07, 6.45) is 0.979. The van der Waals surface area contributed by atoms with Crippen molar-refractivity contribution in [2.45, 2.75) is 34.1 Å². The summed E-state index contributed by atoms with van der Waals surface area (Å²) in [5.74, 6) is -0.0125. The van der Waals surface area contributed by atoms with Gasteiger partial charge in [0.15, 0.2) is 0 Å². The van der Waals surface area contributed by atoms with E-state index in [2.05, 4.69) is 25.2 Å². The van der Waals surface area contributed by atoms with Crippen molar-refractivity contribution >= 4 is 22.9 Å². The summed E-state index contributed by atoms with van der Waals surface area (Å²) in [6, 6.07) is 8.07. The standard InChI is InChI=1S/C16H19NOS/c1-5-14-12(4)9-15(19-14)16(18)17-13-8-10(2)6-7-11(13)3/h6-9H,5H2,1-4H3,(H,17,18). The Morgan fingerprint density at radius 1 is 1.16 bits per heavy atom. The van der Waals surface area contributed by atoms with Crippen LogP contribution in [0.5, 0.6) is 0 Å². The van der Waals surface area contributed by atoms with Gasteiger partial charge in [-0.05, 0) is 56.0 Å². The zero-order valence-corrected chi connectivity index (χ0v) is 12.6. The average Bonchev–Trinajstić information content (AvgIpc) is 2.75. The van der Waals surface area contributed by atoms with E-state index in [4.69, 9.17) is 0 Å². The number of hydrogen-bond donors (Lipinski definition) is 1. The zero-order chi connectivity index (χ0) is 14.0. The van der Waals surface area contributed by atoms with Crippen LogP contribution >= 0.6 is 11.3 Å². The molecule has 0 fully saturated rings. The second kappa shape index (κ2) is 5.57. The molecule has 0 bridgehead atoms. The van der Waals surface area contributed by atoms with E-state index in [-0.39, 0.29) is 5.91 Å². The third kappa shape index (κ3) is 3.04. The Labute approximate surface area is 118 Å². The van der Waals surface area contributed by atoms with Gasteiger partial charge in [0, 0.05) is 10.6 Å². The number of aryl methyl sites for hydroxylation is 4. The molecule has 2 aromatic rings. The highest BCUT2D eigenvalue weighted by Gasteiger charge is 2.12. The molecular formula is C16H19NOS. The Hall–Kier alpha value is -1.61. The van der Waals surface area contributed by atoms with E-state index in [1.54, 1.807) is 11.3 Å². The molecule has 19 heavy (non-hydrogen) atoms. The molecule has 1 aromatic heterocycles. The van der Waals surface area contributed by atoms with Gasteiger partial charge in [0.2, 0.25) is 0 Å². The molecule has 1 N–H and O–H groups in total. The number of hydrogen-bond acceptors (Lipinski definition) is 2. The molecule has 0 saturated heterocycles. The number of anilines is 1. The van der Waals surface area contributed by atoms with Crippen molar-refractivity contribution in [1.29, 1.82) is 0 Å². The van der Waals surface area contributed by atoms with Gasteiger partial charge >= 0.3 is 0 Å². The molecule has 1 amide bonds. The van der Waals surface area contributed by atoms with Crippen molar-refractivity contribution in [3.63, 3.8) is 0 Å². The first kappa shape index (κ1) is 13.8. The molecular weight excluding hydrogens is 254 g/mol. The topological polar surface area (TPSA) is 29.1 Å². The van der Waals surface area contributed by atoms with E-state index < -0.39 is 0 Å². The van der Waals surface area contributed by atoms with Gasteiger partial charge in [-0.2, -0.15) is 0 Å². The van der Waals surface area contributed by atoms with Crippen molar-refractivity contribution in [1.82, 2.24) is 0 Å². The van der Waals surface area contributed by atoms with Crippen LogP contribution < -0.4 is 5.32 Å². The number of benzene rings is 1. The lowest BCUT2D eigenvalue weighted by Crippen LogP contribution is -2.11. The van der Waals surface area contributed by atoms with E-state index in [0.717, 1.165) is 28.1 Å². The second-order valence-electron chi connectivity index (χ2n) is 4.84. The van der Waals surface area contributed by atoms with Crippen molar-refractivity contribution in [3.8, 4) is 0 Å². The molecule has 0 aliphatic rings. The van der Waals surface area contributed by atoms with Crippen LogP contribution in [0.1, 0.15) is 38.2 Å². The third-order valence-electron chi connectivity index (χ3n) is 3.21. The number of nitrogens with one attached hydrogen (secondary N) is 1. The Morgan fingerprint density at radius 3 is 2.53 bits per heavy atom. The van der Waals surface area contributed by atoms with Crippen molar-refractivity contribution in [2.24, 2.45) is 0 Å². The molecule has 0 aliphatic carbocycles. The maximum atomic E-state index is 12.3. The number of carbonyl (C=O) groups excluding carboxylic acids is 1. The monoisotopic (exact) mass is 273 g/mol. The highest BCUT2D eigenvalue weighted by molar-refractivity contribution is 7.14. The van der Waals surface area contributed by atoms with Gasteiger partial charge in [0.25, 0.3) is 5.91 Å². The van der Waals surface area contributed by atoms with E-state index >= 15 is 0 Å². The molecule has 0 spiro atoms. The maximum absolute atomic E-state index is 12.3. The molecule has 0 unspecified atom stereocenters. The van der Waals surface area contributed by atoms with Crippen molar-refractivity contribution in [2.75, 3.05) is 5.32 Å². The van der Waals surface area contributed by atoms with Crippen LogP contribution in [0.4, 0.5) is 5.69 Å². The first-order chi connectivity index (χ1) is 9.01. The Morgan fingerprint density at radius 2 is 1.89 bits per heavy atom. The molecule has 2 nitrogen and oxygen atoms in total. The summed E-state index contributed by atoms with van der Waals surface area (Å²) in [5.41, 5.74) is 4.34. The second-order valence-corrected chi connectivity index (χ2v) is 5.98. The van der Waals surface area contributed by atoms with Crippen LogP contribution in [0, 0.1) is 20.8 Å². The minimum Gasteiger partial charge on any atom is -0.321 e. The maximum Gasteiger partial charge on any atom is 0.265 e. The van der Waals surface area contributed by atoms with Gasteiger partial charge < -0.3 is 5.32 Å². The average molecular weight is 273 g/mol. The molecule has 3 heteroatoms. The molecule has 0 aliphatic heterocycles. The van der Waals surface area contributed by atoms with E-state index in [1.165, 1.54) is 10.4 Å². The largest absolute Gasteiger partial charge is 0.321 e. The SMILES string of the molecule is CCc1sc(C(=O)Nc2cc(C)ccc2C)cc1C.